The first kappa shape index (κ1) is 34.3. The summed E-state index contributed by atoms with van der Waals surface area (Å²) in [6.45, 7) is 1.05. The number of unbranched alkanes of at least 4 members (excludes halogenated alkanes) is 2. The van der Waals surface area contributed by atoms with Crippen LogP contribution < -0.4 is 44.6 Å². The van der Waals surface area contributed by atoms with E-state index in [9.17, 15) is 24.3 Å². The number of carbonyl (C=O) groups is 4. The minimum absolute atomic E-state index is 0.0479. The van der Waals surface area contributed by atoms with Crippen LogP contribution in [0.15, 0.2) is 17.5 Å². The molecule has 4 unspecified atom stereocenters. The molecular weight excluding hydrogens is 522 g/mol. The van der Waals surface area contributed by atoms with Crippen LogP contribution in [0.25, 0.3) is 0 Å². The van der Waals surface area contributed by atoms with Crippen molar-refractivity contribution >= 4 is 29.7 Å². The van der Waals surface area contributed by atoms with Crippen LogP contribution in [0, 0.1) is 0 Å². The Labute approximate surface area is 233 Å². The number of hydrogen-bond donors (Lipinski definition) is 10. The molecule has 226 valence electrons. The molecule has 0 radical (unpaired) electrons. The zero-order chi connectivity index (χ0) is 29.9. The van der Waals surface area contributed by atoms with Crippen LogP contribution in [0.3, 0.4) is 0 Å². The van der Waals surface area contributed by atoms with Crippen molar-refractivity contribution in [3.8, 4) is 0 Å². The smallest absolute Gasteiger partial charge is 0.326 e. The van der Waals surface area contributed by atoms with Crippen LogP contribution in [0.4, 0.5) is 0 Å². The van der Waals surface area contributed by atoms with E-state index in [1.165, 1.54) is 12.5 Å². The van der Waals surface area contributed by atoms with Gasteiger partial charge in [0.15, 0.2) is 5.96 Å². The van der Waals surface area contributed by atoms with Crippen molar-refractivity contribution in [1.29, 1.82) is 0 Å². The van der Waals surface area contributed by atoms with Gasteiger partial charge in [-0.2, -0.15) is 0 Å². The molecule has 1 aromatic heterocycles. The molecule has 0 aliphatic rings. The molecule has 0 aromatic carbocycles. The zero-order valence-electron chi connectivity index (χ0n) is 22.8. The van der Waals surface area contributed by atoms with Crippen molar-refractivity contribution in [3.63, 3.8) is 0 Å². The third kappa shape index (κ3) is 13.9. The van der Waals surface area contributed by atoms with Gasteiger partial charge < -0.3 is 54.7 Å². The first-order valence-corrected chi connectivity index (χ1v) is 13.4. The number of H-pyrrole nitrogens is 1. The molecule has 16 heteroatoms. The summed E-state index contributed by atoms with van der Waals surface area (Å²) in [5.74, 6) is -3.21. The highest BCUT2D eigenvalue weighted by Gasteiger charge is 2.30. The maximum absolute atomic E-state index is 13.4. The number of carboxylic acids is 1. The third-order valence-corrected chi connectivity index (χ3v) is 6.06. The van der Waals surface area contributed by atoms with Gasteiger partial charge in [0.05, 0.1) is 12.4 Å². The highest BCUT2D eigenvalue weighted by molar-refractivity contribution is 5.94. The predicted octanol–water partition coefficient (Wildman–Crippen LogP) is -2.87. The van der Waals surface area contributed by atoms with Gasteiger partial charge in [-0.05, 0) is 58.0 Å². The number of nitrogens with two attached hydrogens (primary N) is 5. The van der Waals surface area contributed by atoms with Gasteiger partial charge in [0.2, 0.25) is 17.7 Å². The largest absolute Gasteiger partial charge is 0.480 e. The van der Waals surface area contributed by atoms with E-state index >= 15 is 0 Å². The first-order valence-electron chi connectivity index (χ1n) is 13.4. The Bertz CT molecular complexity index is 938. The molecule has 0 fully saturated rings. The van der Waals surface area contributed by atoms with E-state index in [2.05, 4.69) is 30.9 Å². The number of imidazole rings is 1. The molecule has 1 heterocycles. The lowest BCUT2D eigenvalue weighted by Crippen LogP contribution is -2.57. The fourth-order valence-corrected chi connectivity index (χ4v) is 3.81. The number of nitrogens with one attached hydrogen (secondary N) is 4. The van der Waals surface area contributed by atoms with Crippen molar-refractivity contribution in [3.05, 3.63) is 18.2 Å². The van der Waals surface area contributed by atoms with Crippen molar-refractivity contribution in [1.82, 2.24) is 25.9 Å². The molecule has 0 spiro atoms. The van der Waals surface area contributed by atoms with Gasteiger partial charge in [0.25, 0.3) is 0 Å². The maximum atomic E-state index is 13.4. The summed E-state index contributed by atoms with van der Waals surface area (Å²) >= 11 is 0. The quantitative estimate of drug-likeness (QED) is 0.0409. The maximum Gasteiger partial charge on any atom is 0.326 e. The topological polar surface area (TPSA) is 296 Å². The highest BCUT2D eigenvalue weighted by Crippen LogP contribution is 2.07. The minimum atomic E-state index is -1.20. The van der Waals surface area contributed by atoms with Gasteiger partial charge in [-0.25, -0.2) is 9.78 Å². The molecule has 1 aromatic rings. The highest BCUT2D eigenvalue weighted by atomic mass is 16.4. The number of amides is 3. The lowest BCUT2D eigenvalue weighted by atomic mass is 10.0. The fourth-order valence-electron chi connectivity index (χ4n) is 3.81. The summed E-state index contributed by atoms with van der Waals surface area (Å²) in [7, 11) is 0. The number of hydrogen-bond acceptors (Lipinski definition) is 9. The summed E-state index contributed by atoms with van der Waals surface area (Å²) < 4.78 is 0. The Kier molecular flexibility index (Phi) is 16.6. The summed E-state index contributed by atoms with van der Waals surface area (Å²) in [4.78, 5) is 61.7. The number of rotatable bonds is 21. The lowest BCUT2D eigenvalue weighted by Gasteiger charge is -2.25. The summed E-state index contributed by atoms with van der Waals surface area (Å²) in [6.07, 6.45) is 6.42. The Morgan fingerprint density at radius 1 is 0.850 bits per heavy atom. The SMILES string of the molecule is NCCCCC(N)C(=O)NC(Cc1cnc[nH]1)C(=O)NC(CCCN=C(N)N)C(=O)NC(CCCCN)C(=O)O. The molecule has 16 nitrogen and oxygen atoms in total. The van der Waals surface area contributed by atoms with E-state index in [0.717, 1.165) is 0 Å². The van der Waals surface area contributed by atoms with Gasteiger partial charge in [-0.1, -0.05) is 6.42 Å². The first-order chi connectivity index (χ1) is 19.1. The summed E-state index contributed by atoms with van der Waals surface area (Å²) in [5, 5.41) is 17.4. The summed E-state index contributed by atoms with van der Waals surface area (Å²) in [6, 6.07) is -4.24. The molecule has 0 aliphatic carbocycles. The van der Waals surface area contributed by atoms with Crippen LogP contribution in [-0.4, -0.2) is 88.5 Å². The monoisotopic (exact) mass is 567 g/mol. The van der Waals surface area contributed by atoms with E-state index in [0.29, 0.717) is 57.3 Å². The molecular formula is C24H45N11O5. The Morgan fingerprint density at radius 2 is 1.43 bits per heavy atom. The van der Waals surface area contributed by atoms with Crippen LogP contribution >= 0.6 is 0 Å². The van der Waals surface area contributed by atoms with Crippen LogP contribution in [-0.2, 0) is 25.6 Å². The number of aliphatic imine (C=N–C) groups is 1. The average Bonchev–Trinajstić information content (AvgIpc) is 3.42. The van der Waals surface area contributed by atoms with Crippen molar-refractivity contribution in [2.45, 2.75) is 82.0 Å². The number of aromatic nitrogens is 2. The van der Waals surface area contributed by atoms with Crippen molar-refractivity contribution < 1.29 is 24.3 Å². The zero-order valence-corrected chi connectivity index (χ0v) is 22.8. The molecule has 3 amide bonds. The van der Waals surface area contributed by atoms with Crippen LogP contribution in [0.5, 0.6) is 0 Å². The number of aromatic amines is 1. The molecule has 40 heavy (non-hydrogen) atoms. The van der Waals surface area contributed by atoms with E-state index in [4.69, 9.17) is 28.7 Å². The van der Waals surface area contributed by atoms with E-state index in [1.807, 2.05) is 0 Å². The van der Waals surface area contributed by atoms with E-state index < -0.39 is 47.9 Å². The number of nitrogens with zero attached hydrogens (tertiary/aromatic N) is 2. The average molecular weight is 568 g/mol. The third-order valence-electron chi connectivity index (χ3n) is 6.06. The molecule has 0 saturated heterocycles. The van der Waals surface area contributed by atoms with E-state index in [-0.39, 0.29) is 31.8 Å². The number of carboxylic acid groups (broad SMARTS) is 1. The standard InChI is InChI=1S/C24H45N11O5/c25-9-3-1-6-16(27)20(36)35-19(12-15-13-30-14-32-15)22(38)33-17(8-5-11-31-24(28)29)21(37)34-18(23(39)40)7-2-4-10-26/h13-14,16-19H,1-12,25-27H2,(H,30,32)(H,33,38)(H,34,37)(H,35,36)(H,39,40)(H4,28,29,31). The predicted molar refractivity (Wildman–Crippen MR) is 149 cm³/mol. The summed E-state index contributed by atoms with van der Waals surface area (Å²) in [5.41, 5.74) is 28.3. The number of guanidine groups is 1. The normalized spacial score (nSPS) is 13.9. The van der Waals surface area contributed by atoms with Gasteiger partial charge in [-0.15, -0.1) is 0 Å². The van der Waals surface area contributed by atoms with Gasteiger partial charge in [0, 0.05) is 24.9 Å². The second-order valence-electron chi connectivity index (χ2n) is 9.43. The second-order valence-corrected chi connectivity index (χ2v) is 9.43. The molecule has 15 N–H and O–H groups in total. The van der Waals surface area contributed by atoms with Crippen molar-refractivity contribution in [2.24, 2.45) is 33.7 Å². The van der Waals surface area contributed by atoms with Crippen molar-refractivity contribution in [2.75, 3.05) is 19.6 Å². The molecule has 0 bridgehead atoms. The minimum Gasteiger partial charge on any atom is -0.480 e. The Balaban J connectivity index is 3.05. The van der Waals surface area contributed by atoms with Gasteiger partial charge in [0.1, 0.15) is 18.1 Å². The lowest BCUT2D eigenvalue weighted by molar-refractivity contribution is -0.142. The number of aliphatic carboxylic acids is 1. The second kappa shape index (κ2) is 19.3. The Morgan fingerprint density at radius 3 is 2.00 bits per heavy atom. The van der Waals surface area contributed by atoms with Crippen LogP contribution in [0.2, 0.25) is 0 Å². The van der Waals surface area contributed by atoms with E-state index in [1.54, 1.807) is 0 Å². The van der Waals surface area contributed by atoms with Crippen LogP contribution in [0.1, 0.15) is 57.1 Å². The fraction of sp³-hybridized carbons (Fsp3) is 0.667. The molecule has 0 aliphatic heterocycles. The molecule has 4 atom stereocenters. The van der Waals surface area contributed by atoms with Gasteiger partial charge in [-0.3, -0.25) is 19.4 Å². The number of carbonyl (C=O) groups excluding carboxylic acids is 3. The Hall–Kier alpha value is -3.76. The van der Waals surface area contributed by atoms with Gasteiger partial charge >= 0.3 is 5.97 Å². The molecule has 0 saturated carbocycles. The molecule has 1 rings (SSSR count).